The quantitative estimate of drug-likeness (QED) is 0.846. The molecule has 0 radical (unpaired) electrons. The summed E-state index contributed by atoms with van der Waals surface area (Å²) in [7, 11) is 1.65. The summed E-state index contributed by atoms with van der Waals surface area (Å²) in [5, 5.41) is 0.990. The molecule has 1 heterocycles. The van der Waals surface area contributed by atoms with Crippen LogP contribution in [0.25, 0.3) is 0 Å². The highest BCUT2D eigenvalue weighted by Crippen LogP contribution is 2.20. The molecule has 0 aliphatic rings. The lowest BCUT2D eigenvalue weighted by Crippen LogP contribution is -2.28. The van der Waals surface area contributed by atoms with Crippen LogP contribution in [0.4, 0.5) is 0 Å². The van der Waals surface area contributed by atoms with Gasteiger partial charge in [0, 0.05) is 25.0 Å². The molecule has 0 saturated heterocycles. The maximum atomic E-state index is 5.85. The van der Waals surface area contributed by atoms with Crippen molar-refractivity contribution in [1.82, 2.24) is 9.36 Å². The molecule has 4 nitrogen and oxygen atoms in total. The molecule has 0 bridgehead atoms. The summed E-state index contributed by atoms with van der Waals surface area (Å²) in [5.74, 6) is 0.895. The van der Waals surface area contributed by atoms with E-state index in [4.69, 9.17) is 10.5 Å². The monoisotopic (exact) mass is 229 g/mol. The van der Waals surface area contributed by atoms with Crippen LogP contribution < -0.4 is 5.73 Å². The van der Waals surface area contributed by atoms with Crippen LogP contribution in [-0.2, 0) is 16.6 Å². The number of nitrogens with two attached hydrogens (primary N) is 1. The minimum atomic E-state index is 0.00997. The lowest BCUT2D eigenvalue weighted by atomic mass is 9.96. The molecule has 0 fully saturated rings. The number of rotatable bonds is 4. The molecule has 0 aliphatic heterocycles. The smallest absolute Gasteiger partial charge is 0.147 e. The van der Waals surface area contributed by atoms with Crippen LogP contribution in [0.5, 0.6) is 0 Å². The fraction of sp³-hybridized carbons (Fsp3) is 0.800. The van der Waals surface area contributed by atoms with Crippen LogP contribution in [0.1, 0.15) is 31.6 Å². The first kappa shape index (κ1) is 12.5. The maximum Gasteiger partial charge on any atom is 0.147 e. The summed E-state index contributed by atoms with van der Waals surface area (Å²) in [6, 6.07) is 0.00997. The zero-order valence-corrected chi connectivity index (χ0v) is 10.6. The second-order valence-electron chi connectivity index (χ2n) is 4.68. The van der Waals surface area contributed by atoms with E-state index < -0.39 is 0 Å². The number of hydrogen-bond acceptors (Lipinski definition) is 5. The Balaban J connectivity index is 2.61. The lowest BCUT2D eigenvalue weighted by Gasteiger charge is -2.12. The maximum absolute atomic E-state index is 5.85. The van der Waals surface area contributed by atoms with Crippen LogP contribution in [0.15, 0.2) is 0 Å². The SMILES string of the molecule is COCC(N)Cc1nc(C(C)(C)C)ns1. The first-order valence-corrected chi connectivity index (χ1v) is 5.78. The molecule has 0 spiro atoms. The van der Waals surface area contributed by atoms with Gasteiger partial charge in [-0.15, -0.1) is 0 Å². The van der Waals surface area contributed by atoms with Crippen molar-refractivity contribution in [3.63, 3.8) is 0 Å². The Labute approximate surface area is 95.0 Å². The van der Waals surface area contributed by atoms with Crippen molar-refractivity contribution in [1.29, 1.82) is 0 Å². The third-order valence-corrected chi connectivity index (χ3v) is 2.69. The number of aromatic nitrogens is 2. The molecule has 15 heavy (non-hydrogen) atoms. The van der Waals surface area contributed by atoms with Crippen LogP contribution in [0.2, 0.25) is 0 Å². The molecule has 1 unspecified atom stereocenters. The van der Waals surface area contributed by atoms with E-state index in [1.54, 1.807) is 7.11 Å². The molecule has 0 amide bonds. The zero-order valence-electron chi connectivity index (χ0n) is 9.78. The summed E-state index contributed by atoms with van der Waals surface area (Å²) in [5.41, 5.74) is 5.86. The van der Waals surface area contributed by atoms with E-state index in [9.17, 15) is 0 Å². The average molecular weight is 229 g/mol. The van der Waals surface area contributed by atoms with Gasteiger partial charge in [-0.2, -0.15) is 4.37 Å². The van der Waals surface area contributed by atoms with Gasteiger partial charge >= 0.3 is 0 Å². The minimum absolute atomic E-state index is 0.00997. The Morgan fingerprint density at radius 2 is 2.13 bits per heavy atom. The summed E-state index contributed by atoms with van der Waals surface area (Å²) in [6.45, 7) is 6.88. The Bertz CT molecular complexity index is 306. The van der Waals surface area contributed by atoms with Crippen LogP contribution in [-0.4, -0.2) is 29.1 Å². The fourth-order valence-corrected chi connectivity index (χ4v) is 2.06. The van der Waals surface area contributed by atoms with E-state index in [1.807, 2.05) is 0 Å². The Morgan fingerprint density at radius 1 is 1.47 bits per heavy atom. The second kappa shape index (κ2) is 5.01. The fourth-order valence-electron chi connectivity index (χ4n) is 1.14. The molecule has 0 aromatic carbocycles. The van der Waals surface area contributed by atoms with Gasteiger partial charge in [-0.25, -0.2) is 4.98 Å². The molecule has 1 rings (SSSR count). The van der Waals surface area contributed by atoms with Gasteiger partial charge in [-0.05, 0) is 11.5 Å². The molecule has 1 aromatic rings. The van der Waals surface area contributed by atoms with Gasteiger partial charge in [0.1, 0.15) is 10.8 Å². The average Bonchev–Trinajstić information content (AvgIpc) is 2.52. The standard InChI is InChI=1S/C10H19N3OS/c1-10(2,3)9-12-8(15-13-9)5-7(11)6-14-4/h7H,5-6,11H2,1-4H3. The Hall–Kier alpha value is -0.520. The van der Waals surface area contributed by atoms with Crippen LogP contribution in [0, 0.1) is 0 Å². The highest BCUT2D eigenvalue weighted by molar-refractivity contribution is 7.05. The number of hydrogen-bond donors (Lipinski definition) is 1. The highest BCUT2D eigenvalue weighted by atomic mass is 32.1. The molecule has 5 heteroatoms. The molecule has 0 saturated carbocycles. The number of methoxy groups -OCH3 is 1. The molecule has 86 valence electrons. The van der Waals surface area contributed by atoms with Crippen molar-refractivity contribution in [2.24, 2.45) is 5.73 Å². The summed E-state index contributed by atoms with van der Waals surface area (Å²) in [6.07, 6.45) is 0.738. The van der Waals surface area contributed by atoms with Gasteiger partial charge in [0.15, 0.2) is 0 Å². The largest absolute Gasteiger partial charge is 0.383 e. The predicted molar refractivity (Wildman–Crippen MR) is 62.2 cm³/mol. The third kappa shape index (κ3) is 3.85. The molecular formula is C10H19N3OS. The van der Waals surface area contributed by atoms with Crippen molar-refractivity contribution < 1.29 is 4.74 Å². The number of nitrogens with zero attached hydrogens (tertiary/aromatic N) is 2. The first-order chi connectivity index (χ1) is 6.93. The van der Waals surface area contributed by atoms with Crippen molar-refractivity contribution in [2.75, 3.05) is 13.7 Å². The summed E-state index contributed by atoms with van der Waals surface area (Å²) >= 11 is 1.43. The van der Waals surface area contributed by atoms with E-state index in [0.717, 1.165) is 17.3 Å². The molecular weight excluding hydrogens is 210 g/mol. The van der Waals surface area contributed by atoms with Gasteiger partial charge < -0.3 is 10.5 Å². The van der Waals surface area contributed by atoms with E-state index in [2.05, 4.69) is 30.1 Å². The predicted octanol–water partition coefficient (Wildman–Crippen LogP) is 1.35. The van der Waals surface area contributed by atoms with E-state index in [1.165, 1.54) is 11.5 Å². The third-order valence-electron chi connectivity index (χ3n) is 1.96. The van der Waals surface area contributed by atoms with E-state index >= 15 is 0 Å². The van der Waals surface area contributed by atoms with Gasteiger partial charge in [0.05, 0.1) is 6.61 Å². The van der Waals surface area contributed by atoms with Gasteiger partial charge in [-0.1, -0.05) is 20.8 Å². The van der Waals surface area contributed by atoms with Crippen molar-refractivity contribution in [3.05, 3.63) is 10.8 Å². The van der Waals surface area contributed by atoms with Gasteiger partial charge in [0.25, 0.3) is 0 Å². The summed E-state index contributed by atoms with van der Waals surface area (Å²) < 4.78 is 9.32. The van der Waals surface area contributed by atoms with Gasteiger partial charge in [0.2, 0.25) is 0 Å². The lowest BCUT2D eigenvalue weighted by molar-refractivity contribution is 0.180. The molecule has 0 aliphatic carbocycles. The van der Waals surface area contributed by atoms with Crippen LogP contribution >= 0.6 is 11.5 Å². The second-order valence-corrected chi connectivity index (χ2v) is 5.52. The Morgan fingerprint density at radius 3 is 2.60 bits per heavy atom. The Kier molecular flexibility index (Phi) is 4.19. The van der Waals surface area contributed by atoms with Crippen molar-refractivity contribution in [3.8, 4) is 0 Å². The van der Waals surface area contributed by atoms with E-state index in [0.29, 0.717) is 6.61 Å². The van der Waals surface area contributed by atoms with Gasteiger partial charge in [-0.3, -0.25) is 0 Å². The molecule has 1 aromatic heterocycles. The van der Waals surface area contributed by atoms with Crippen molar-refractivity contribution >= 4 is 11.5 Å². The number of ether oxygens (including phenoxy) is 1. The van der Waals surface area contributed by atoms with E-state index in [-0.39, 0.29) is 11.5 Å². The zero-order chi connectivity index (χ0) is 11.5. The topological polar surface area (TPSA) is 61.0 Å². The molecule has 2 N–H and O–H groups in total. The summed E-state index contributed by atoms with van der Waals surface area (Å²) in [4.78, 5) is 4.48. The highest BCUT2D eigenvalue weighted by Gasteiger charge is 2.20. The minimum Gasteiger partial charge on any atom is -0.383 e. The first-order valence-electron chi connectivity index (χ1n) is 5.01. The normalized spacial score (nSPS) is 14.2. The van der Waals surface area contributed by atoms with Crippen LogP contribution in [0.3, 0.4) is 0 Å². The molecule has 1 atom stereocenters. The van der Waals surface area contributed by atoms with Crippen molar-refractivity contribution in [2.45, 2.75) is 38.6 Å².